The van der Waals surface area contributed by atoms with Gasteiger partial charge in [0, 0.05) is 10.8 Å². The van der Waals surface area contributed by atoms with Gasteiger partial charge in [0.1, 0.15) is 0 Å². The number of nitriles is 1. The summed E-state index contributed by atoms with van der Waals surface area (Å²) in [7, 11) is 0. The van der Waals surface area contributed by atoms with Gasteiger partial charge in [-0.3, -0.25) is 0 Å². The first-order valence-electron chi connectivity index (χ1n) is 6.44. The number of hydrogen-bond acceptors (Lipinski definition) is 4. The van der Waals surface area contributed by atoms with Gasteiger partial charge in [0.25, 0.3) is 0 Å². The minimum atomic E-state index is 0.354. The molecule has 1 heterocycles. The number of nitrogen functional groups attached to an aromatic ring is 1. The highest BCUT2D eigenvalue weighted by molar-refractivity contribution is 7.15. The van der Waals surface area contributed by atoms with Crippen molar-refractivity contribution in [1.82, 2.24) is 4.98 Å². The fraction of sp³-hybridized carbons (Fsp3) is 0.333. The highest BCUT2D eigenvalue weighted by atomic mass is 32.1. The summed E-state index contributed by atoms with van der Waals surface area (Å²) in [6.07, 6.45) is 3.28. The summed E-state index contributed by atoms with van der Waals surface area (Å²) in [5.74, 6) is 0.354. The molecule has 1 aliphatic carbocycles. The van der Waals surface area contributed by atoms with Crippen molar-refractivity contribution < 1.29 is 0 Å². The molecule has 0 spiro atoms. The van der Waals surface area contributed by atoms with E-state index in [1.165, 1.54) is 16.0 Å². The Kier molecular flexibility index (Phi) is 3.00. The van der Waals surface area contributed by atoms with E-state index in [1.54, 1.807) is 11.3 Å². The molecular formula is C15H15N3S. The predicted octanol–water partition coefficient (Wildman–Crippen LogP) is 3.37. The molecule has 2 N–H and O–H groups in total. The van der Waals surface area contributed by atoms with Gasteiger partial charge >= 0.3 is 0 Å². The van der Waals surface area contributed by atoms with Crippen molar-refractivity contribution in [3.05, 3.63) is 45.5 Å². The Hall–Kier alpha value is -1.86. The van der Waals surface area contributed by atoms with Crippen molar-refractivity contribution >= 4 is 16.5 Å². The molecule has 96 valence electrons. The van der Waals surface area contributed by atoms with Gasteiger partial charge in [-0.2, -0.15) is 5.26 Å². The first kappa shape index (κ1) is 12.2. The van der Waals surface area contributed by atoms with Gasteiger partial charge in [-0.05, 0) is 49.4 Å². The second-order valence-corrected chi connectivity index (χ2v) is 6.05. The van der Waals surface area contributed by atoms with Crippen LogP contribution in [0.3, 0.4) is 0 Å². The molecule has 0 saturated heterocycles. The lowest BCUT2D eigenvalue weighted by Crippen LogP contribution is -2.10. The molecule has 19 heavy (non-hydrogen) atoms. The number of nitrogens with zero attached hydrogens (tertiary/aromatic N) is 2. The van der Waals surface area contributed by atoms with Crippen LogP contribution in [0.5, 0.6) is 0 Å². The number of benzene rings is 1. The maximum Gasteiger partial charge on any atom is 0.180 e. The van der Waals surface area contributed by atoms with Crippen LogP contribution >= 0.6 is 11.3 Å². The molecule has 3 rings (SSSR count). The Morgan fingerprint density at radius 3 is 3.11 bits per heavy atom. The minimum absolute atomic E-state index is 0.354. The molecule has 0 bridgehead atoms. The van der Waals surface area contributed by atoms with Gasteiger partial charge in [0.05, 0.1) is 17.3 Å². The zero-order chi connectivity index (χ0) is 13.4. The Balaban J connectivity index is 2.11. The molecule has 3 nitrogen and oxygen atoms in total. The number of fused-ring (bicyclic) bond motifs is 1. The smallest absolute Gasteiger partial charge is 0.180 e. The molecule has 1 aliphatic rings. The Morgan fingerprint density at radius 2 is 2.32 bits per heavy atom. The van der Waals surface area contributed by atoms with E-state index >= 15 is 0 Å². The van der Waals surface area contributed by atoms with Gasteiger partial charge in [0.15, 0.2) is 5.13 Å². The number of anilines is 1. The highest BCUT2D eigenvalue weighted by Crippen LogP contribution is 2.41. The van der Waals surface area contributed by atoms with Crippen molar-refractivity contribution in [2.75, 3.05) is 5.73 Å². The van der Waals surface area contributed by atoms with Gasteiger partial charge < -0.3 is 5.73 Å². The second-order valence-electron chi connectivity index (χ2n) is 4.99. The summed E-state index contributed by atoms with van der Waals surface area (Å²) in [5.41, 5.74) is 10.2. The number of hydrogen-bond donors (Lipinski definition) is 1. The van der Waals surface area contributed by atoms with Crippen LogP contribution in [0.15, 0.2) is 18.2 Å². The fourth-order valence-corrected chi connectivity index (χ4v) is 3.85. The van der Waals surface area contributed by atoms with Crippen molar-refractivity contribution in [2.45, 2.75) is 32.1 Å². The van der Waals surface area contributed by atoms with Crippen molar-refractivity contribution in [3.8, 4) is 6.07 Å². The Bertz CT molecular complexity index is 667. The standard InChI is InChI=1S/C15H15N3S/c1-9-5-6-10(8-16)7-12(9)11-3-2-4-13-14(11)19-15(17)18-13/h5-7,11H,2-4H2,1H3,(H2,17,18). The summed E-state index contributed by atoms with van der Waals surface area (Å²) in [5, 5.41) is 9.73. The van der Waals surface area contributed by atoms with E-state index in [4.69, 9.17) is 11.0 Å². The van der Waals surface area contributed by atoms with Gasteiger partial charge in [-0.1, -0.05) is 6.07 Å². The van der Waals surface area contributed by atoms with E-state index in [0.29, 0.717) is 11.0 Å². The highest BCUT2D eigenvalue weighted by Gasteiger charge is 2.26. The molecule has 2 aromatic rings. The van der Waals surface area contributed by atoms with Crippen LogP contribution in [0.2, 0.25) is 0 Å². The van der Waals surface area contributed by atoms with E-state index in [9.17, 15) is 0 Å². The van der Waals surface area contributed by atoms with Crippen molar-refractivity contribution in [2.24, 2.45) is 0 Å². The maximum atomic E-state index is 9.07. The zero-order valence-electron chi connectivity index (χ0n) is 10.8. The lowest BCUT2D eigenvalue weighted by molar-refractivity contribution is 0.615. The van der Waals surface area contributed by atoms with E-state index in [0.717, 1.165) is 30.5 Å². The van der Waals surface area contributed by atoms with Crippen molar-refractivity contribution in [1.29, 1.82) is 5.26 Å². The van der Waals surface area contributed by atoms with Crippen LogP contribution in [-0.2, 0) is 6.42 Å². The largest absolute Gasteiger partial charge is 0.375 e. The Morgan fingerprint density at radius 1 is 1.47 bits per heavy atom. The van der Waals surface area contributed by atoms with E-state index in [1.807, 2.05) is 18.2 Å². The van der Waals surface area contributed by atoms with Crippen LogP contribution in [0.25, 0.3) is 0 Å². The quantitative estimate of drug-likeness (QED) is 0.863. The number of rotatable bonds is 1. The molecule has 1 atom stereocenters. The molecule has 0 radical (unpaired) electrons. The summed E-state index contributed by atoms with van der Waals surface area (Å²) >= 11 is 1.60. The minimum Gasteiger partial charge on any atom is -0.375 e. The van der Waals surface area contributed by atoms with Crippen molar-refractivity contribution in [3.63, 3.8) is 0 Å². The molecule has 0 amide bonds. The average molecular weight is 269 g/mol. The molecule has 0 saturated carbocycles. The van der Waals surface area contributed by atoms with Crippen LogP contribution in [0.1, 0.15) is 46.0 Å². The molecule has 4 heteroatoms. The summed E-state index contributed by atoms with van der Waals surface area (Å²) < 4.78 is 0. The first-order valence-corrected chi connectivity index (χ1v) is 7.26. The Labute approximate surface area is 116 Å². The fourth-order valence-electron chi connectivity index (χ4n) is 2.82. The summed E-state index contributed by atoms with van der Waals surface area (Å²) in [4.78, 5) is 5.72. The lowest BCUT2D eigenvalue weighted by Gasteiger charge is -2.23. The predicted molar refractivity (Wildman–Crippen MR) is 77.2 cm³/mol. The zero-order valence-corrected chi connectivity index (χ0v) is 11.6. The second kappa shape index (κ2) is 4.67. The molecule has 0 fully saturated rings. The SMILES string of the molecule is Cc1ccc(C#N)cc1C1CCCc2nc(N)sc21. The van der Waals surface area contributed by atoms with Crippen LogP contribution in [0.4, 0.5) is 5.13 Å². The van der Waals surface area contributed by atoms with Gasteiger partial charge in [-0.25, -0.2) is 4.98 Å². The lowest BCUT2D eigenvalue weighted by atomic mass is 9.83. The van der Waals surface area contributed by atoms with E-state index in [-0.39, 0.29) is 0 Å². The van der Waals surface area contributed by atoms with Crippen LogP contribution < -0.4 is 5.73 Å². The van der Waals surface area contributed by atoms with Crippen LogP contribution in [0, 0.1) is 18.3 Å². The molecular weight excluding hydrogens is 254 g/mol. The number of thiazole rings is 1. The van der Waals surface area contributed by atoms with Gasteiger partial charge in [-0.15, -0.1) is 11.3 Å². The van der Waals surface area contributed by atoms with E-state index in [2.05, 4.69) is 18.0 Å². The third-order valence-electron chi connectivity index (χ3n) is 3.75. The third-order valence-corrected chi connectivity index (χ3v) is 4.79. The number of nitrogens with two attached hydrogens (primary N) is 1. The number of aromatic nitrogens is 1. The van der Waals surface area contributed by atoms with E-state index < -0.39 is 0 Å². The molecule has 1 aromatic carbocycles. The monoisotopic (exact) mass is 269 g/mol. The third kappa shape index (κ3) is 2.11. The van der Waals surface area contributed by atoms with Crippen LogP contribution in [-0.4, -0.2) is 4.98 Å². The first-order chi connectivity index (χ1) is 9.19. The maximum absolute atomic E-state index is 9.07. The number of aryl methyl sites for hydroxylation is 2. The average Bonchev–Trinajstić information content (AvgIpc) is 2.79. The summed E-state index contributed by atoms with van der Waals surface area (Å²) in [6, 6.07) is 8.16. The summed E-state index contributed by atoms with van der Waals surface area (Å²) in [6.45, 7) is 2.11. The molecule has 1 unspecified atom stereocenters. The van der Waals surface area contributed by atoms with Gasteiger partial charge in [0.2, 0.25) is 0 Å². The topological polar surface area (TPSA) is 62.7 Å². The molecule has 1 aromatic heterocycles. The normalized spacial score (nSPS) is 17.8. The molecule has 0 aliphatic heterocycles.